The summed E-state index contributed by atoms with van der Waals surface area (Å²) in [7, 11) is 6.40. The van der Waals surface area contributed by atoms with Gasteiger partial charge in [-0.15, -0.1) is 11.8 Å². The molecule has 1 aliphatic heterocycles. The van der Waals surface area contributed by atoms with Crippen LogP contribution < -0.4 is 0 Å². The highest BCUT2D eigenvalue weighted by Gasteiger charge is 2.48. The van der Waals surface area contributed by atoms with Crippen LogP contribution in [0.4, 0.5) is 0 Å². The van der Waals surface area contributed by atoms with Gasteiger partial charge in [0.15, 0.2) is 5.44 Å². The van der Waals surface area contributed by atoms with Gasteiger partial charge in [0.05, 0.1) is 11.9 Å². The first-order valence-electron chi connectivity index (χ1n) is 5.99. The fourth-order valence-electron chi connectivity index (χ4n) is 2.24. The molecule has 0 aromatic carbocycles. The molecule has 0 amide bonds. The molecule has 1 rings (SSSR count). The van der Waals surface area contributed by atoms with Crippen molar-refractivity contribution in [2.45, 2.75) is 35.9 Å². The van der Waals surface area contributed by atoms with E-state index in [1.165, 1.54) is 18.7 Å². The maximum atomic E-state index is 11.2. The normalized spacial score (nSPS) is 35.1. The summed E-state index contributed by atoms with van der Waals surface area (Å²) in [6.45, 7) is 1.86. The van der Waals surface area contributed by atoms with Gasteiger partial charge in [-0.25, -0.2) is 0 Å². The topological polar surface area (TPSA) is 63.2 Å². The quantitative estimate of drug-likeness (QED) is 0.668. The van der Waals surface area contributed by atoms with E-state index in [1.54, 1.807) is 28.4 Å². The Hall–Kier alpha value is -0.340. The lowest BCUT2D eigenvalue weighted by Crippen LogP contribution is -2.57. The Balaban J connectivity index is 2.91. The minimum Gasteiger partial charge on any atom is -0.449 e. The lowest BCUT2D eigenvalue weighted by molar-refractivity contribution is -0.164. The number of rotatable bonds is 6. The number of methoxy groups -OCH3 is 4. The zero-order valence-corrected chi connectivity index (χ0v) is 12.8. The van der Waals surface area contributed by atoms with Crippen LogP contribution >= 0.6 is 11.8 Å². The summed E-state index contributed by atoms with van der Waals surface area (Å²) in [5.41, 5.74) is -0.431. The number of hydrogen-bond donors (Lipinski definition) is 0. The van der Waals surface area contributed by atoms with Crippen molar-refractivity contribution in [2.24, 2.45) is 0 Å². The zero-order chi connectivity index (χ0) is 14.4. The maximum Gasteiger partial charge on any atom is 0.303 e. The number of hydrogen-bond acceptors (Lipinski definition) is 7. The first kappa shape index (κ1) is 16.7. The number of carbonyl (C=O) groups is 1. The van der Waals surface area contributed by atoms with Gasteiger partial charge in [0.2, 0.25) is 0 Å². The fraction of sp³-hybridized carbons (Fsp3) is 0.917. The van der Waals surface area contributed by atoms with Crippen molar-refractivity contribution in [3.8, 4) is 0 Å². The molecule has 6 nitrogen and oxygen atoms in total. The molecule has 0 aromatic heterocycles. The average Bonchev–Trinajstić information content (AvgIpc) is 2.37. The van der Waals surface area contributed by atoms with Crippen molar-refractivity contribution >= 4 is 17.7 Å². The predicted octanol–water partition coefficient (Wildman–Crippen LogP) is 0.682. The van der Waals surface area contributed by atoms with E-state index in [2.05, 4.69) is 0 Å². The van der Waals surface area contributed by atoms with Crippen LogP contribution in [0.5, 0.6) is 0 Å². The van der Waals surface area contributed by atoms with Gasteiger partial charge < -0.3 is 23.7 Å². The van der Waals surface area contributed by atoms with Crippen LogP contribution in [0.25, 0.3) is 0 Å². The summed E-state index contributed by atoms with van der Waals surface area (Å²) in [6.07, 6.45) is -0.885. The Morgan fingerprint density at radius 2 is 1.58 bits per heavy atom. The fourth-order valence-corrected chi connectivity index (χ4v) is 3.83. The summed E-state index contributed by atoms with van der Waals surface area (Å²) in [5.74, 6) is -0.346. The number of ether oxygens (including phenoxy) is 5. The van der Waals surface area contributed by atoms with Crippen LogP contribution in [-0.4, -0.2) is 70.0 Å². The second-order valence-corrected chi connectivity index (χ2v) is 5.55. The van der Waals surface area contributed by atoms with Crippen molar-refractivity contribution in [2.75, 3.05) is 35.0 Å². The summed E-state index contributed by atoms with van der Waals surface area (Å²) in [6, 6.07) is 0. The monoisotopic (exact) mass is 294 g/mol. The SMILES string of the molecule is COC[C@H]1S[C@H](OC(C)=O)[C@H](OC)[C@@H](OC)[C@@H]1OC. The molecule has 112 valence electrons. The molecule has 1 aliphatic rings. The second-order valence-electron chi connectivity index (χ2n) is 4.21. The Labute approximate surface area is 118 Å². The van der Waals surface area contributed by atoms with Gasteiger partial charge in [0.25, 0.3) is 0 Å². The van der Waals surface area contributed by atoms with Crippen LogP contribution in [0.1, 0.15) is 6.92 Å². The third-order valence-electron chi connectivity index (χ3n) is 3.02. The molecule has 1 fully saturated rings. The minimum absolute atomic E-state index is 0.00991. The van der Waals surface area contributed by atoms with Gasteiger partial charge >= 0.3 is 5.97 Å². The molecule has 0 unspecified atom stereocenters. The van der Waals surface area contributed by atoms with Gasteiger partial charge in [0, 0.05) is 35.4 Å². The zero-order valence-electron chi connectivity index (χ0n) is 12.0. The van der Waals surface area contributed by atoms with E-state index in [-0.39, 0.29) is 29.5 Å². The summed E-state index contributed by atoms with van der Waals surface area (Å²) in [5, 5.41) is 0.00991. The van der Waals surface area contributed by atoms with Gasteiger partial charge in [-0.2, -0.15) is 0 Å². The molecule has 0 N–H and O–H groups in total. The Morgan fingerprint density at radius 1 is 1.00 bits per heavy atom. The number of carbonyl (C=O) groups excluding carboxylic acids is 1. The molecule has 1 saturated heterocycles. The molecule has 0 saturated carbocycles. The van der Waals surface area contributed by atoms with Crippen molar-refractivity contribution in [1.82, 2.24) is 0 Å². The lowest BCUT2D eigenvalue weighted by Gasteiger charge is -2.43. The molecule has 0 spiro atoms. The van der Waals surface area contributed by atoms with Crippen molar-refractivity contribution in [3.05, 3.63) is 0 Å². The first-order chi connectivity index (χ1) is 9.08. The van der Waals surface area contributed by atoms with E-state index in [1.807, 2.05) is 0 Å². The second kappa shape index (κ2) is 8.06. The number of thioether (sulfide) groups is 1. The molecule has 19 heavy (non-hydrogen) atoms. The Morgan fingerprint density at radius 3 is 2.00 bits per heavy atom. The average molecular weight is 294 g/mol. The maximum absolute atomic E-state index is 11.2. The Bertz CT molecular complexity index is 287. The van der Waals surface area contributed by atoms with E-state index in [0.717, 1.165) is 0 Å². The van der Waals surface area contributed by atoms with Crippen LogP contribution in [-0.2, 0) is 28.5 Å². The number of esters is 1. The molecular formula is C12H22O6S. The van der Waals surface area contributed by atoms with Crippen LogP contribution in [0.3, 0.4) is 0 Å². The molecule has 1 heterocycles. The van der Waals surface area contributed by atoms with Gasteiger partial charge in [0.1, 0.15) is 18.3 Å². The van der Waals surface area contributed by atoms with Crippen LogP contribution in [0.15, 0.2) is 0 Å². The van der Waals surface area contributed by atoms with Crippen molar-refractivity contribution < 1.29 is 28.5 Å². The molecule has 0 aliphatic carbocycles. The standard InChI is InChI=1S/C12H22O6S/c1-7(13)18-12-11(17-5)10(16-4)9(15-3)8(19-12)6-14-2/h8-12H,6H2,1-5H3/t8-,9-,10+,11-,12+/m1/s1. The summed E-state index contributed by atoms with van der Waals surface area (Å²) in [4.78, 5) is 11.2. The molecule has 0 radical (unpaired) electrons. The minimum atomic E-state index is -0.431. The van der Waals surface area contributed by atoms with E-state index in [9.17, 15) is 4.79 Å². The van der Waals surface area contributed by atoms with Crippen molar-refractivity contribution in [1.29, 1.82) is 0 Å². The molecule has 7 heteroatoms. The van der Waals surface area contributed by atoms with Gasteiger partial charge in [-0.05, 0) is 0 Å². The smallest absolute Gasteiger partial charge is 0.303 e. The van der Waals surface area contributed by atoms with E-state index < -0.39 is 5.44 Å². The Kier molecular flexibility index (Phi) is 7.09. The van der Waals surface area contributed by atoms with Crippen LogP contribution in [0.2, 0.25) is 0 Å². The molecular weight excluding hydrogens is 272 g/mol. The van der Waals surface area contributed by atoms with Crippen molar-refractivity contribution in [3.63, 3.8) is 0 Å². The molecule has 0 aromatic rings. The summed E-state index contributed by atoms with van der Waals surface area (Å²) >= 11 is 1.47. The van der Waals surface area contributed by atoms with E-state index in [0.29, 0.717) is 6.61 Å². The van der Waals surface area contributed by atoms with E-state index >= 15 is 0 Å². The van der Waals surface area contributed by atoms with E-state index in [4.69, 9.17) is 23.7 Å². The highest BCUT2D eigenvalue weighted by atomic mass is 32.2. The lowest BCUT2D eigenvalue weighted by atomic mass is 10.0. The highest BCUT2D eigenvalue weighted by Crippen LogP contribution is 2.37. The molecule has 5 atom stereocenters. The largest absolute Gasteiger partial charge is 0.449 e. The highest BCUT2D eigenvalue weighted by molar-refractivity contribution is 8.00. The third kappa shape index (κ3) is 4.06. The first-order valence-corrected chi connectivity index (χ1v) is 6.93. The molecule has 0 bridgehead atoms. The van der Waals surface area contributed by atoms with Gasteiger partial charge in [-0.3, -0.25) is 4.79 Å². The van der Waals surface area contributed by atoms with Gasteiger partial charge in [-0.1, -0.05) is 0 Å². The third-order valence-corrected chi connectivity index (χ3v) is 4.41. The predicted molar refractivity (Wildman–Crippen MR) is 71.2 cm³/mol. The van der Waals surface area contributed by atoms with Crippen LogP contribution in [0, 0.1) is 0 Å². The summed E-state index contributed by atoms with van der Waals surface area (Å²) < 4.78 is 26.9.